The normalized spacial score (nSPS) is 11.7. The van der Waals surface area contributed by atoms with E-state index in [-0.39, 0.29) is 0 Å². The second kappa shape index (κ2) is 10.3. The third kappa shape index (κ3) is 5.74. The van der Waals surface area contributed by atoms with Crippen LogP contribution in [0.1, 0.15) is 16.8 Å². The van der Waals surface area contributed by atoms with E-state index >= 15 is 0 Å². The maximum absolute atomic E-state index is 11.8. The third-order valence-corrected chi connectivity index (χ3v) is 4.66. The standard InChI is InChI=1S/C22H26N4O4/c1-28-18-5-3-4-15(8-18)13-30-19-7-6-16(21(10-19)29-2)11-25-20(22(23)27)9-17-12-24-14-26-17/h3-8,10,12,14,20,25H,9,11,13H2,1-2H3,(H2,23,27)(H,24,26). The van der Waals surface area contributed by atoms with Gasteiger partial charge in [0, 0.05) is 36.5 Å². The van der Waals surface area contributed by atoms with E-state index in [9.17, 15) is 4.79 Å². The SMILES string of the molecule is COc1cccc(COc2ccc(CNC(Cc3cnc[nH]3)C(N)=O)c(OC)c2)c1. The Balaban J connectivity index is 1.62. The highest BCUT2D eigenvalue weighted by Gasteiger charge is 2.17. The molecule has 0 aliphatic carbocycles. The maximum Gasteiger partial charge on any atom is 0.234 e. The van der Waals surface area contributed by atoms with Gasteiger partial charge in [0.1, 0.15) is 23.9 Å². The first kappa shape index (κ1) is 21.2. The molecule has 0 saturated heterocycles. The smallest absolute Gasteiger partial charge is 0.234 e. The predicted octanol–water partition coefficient (Wildman–Crippen LogP) is 2.19. The number of primary amides is 1. The van der Waals surface area contributed by atoms with Crippen LogP contribution in [0.5, 0.6) is 17.2 Å². The first-order chi connectivity index (χ1) is 14.6. The summed E-state index contributed by atoms with van der Waals surface area (Å²) >= 11 is 0. The van der Waals surface area contributed by atoms with Gasteiger partial charge in [0.2, 0.25) is 5.91 Å². The summed E-state index contributed by atoms with van der Waals surface area (Å²) in [5, 5.41) is 3.18. The molecule has 1 unspecified atom stereocenters. The Morgan fingerprint density at radius 1 is 1.17 bits per heavy atom. The molecule has 0 saturated carbocycles. The molecule has 30 heavy (non-hydrogen) atoms. The lowest BCUT2D eigenvalue weighted by molar-refractivity contribution is -0.120. The van der Waals surface area contributed by atoms with Gasteiger partial charge in [0.15, 0.2) is 0 Å². The van der Waals surface area contributed by atoms with Gasteiger partial charge in [-0.2, -0.15) is 0 Å². The van der Waals surface area contributed by atoms with Crippen LogP contribution >= 0.6 is 0 Å². The van der Waals surface area contributed by atoms with Gasteiger partial charge in [-0.05, 0) is 23.8 Å². The zero-order chi connectivity index (χ0) is 21.3. The maximum atomic E-state index is 11.8. The number of H-pyrrole nitrogens is 1. The first-order valence-corrected chi connectivity index (χ1v) is 9.51. The Labute approximate surface area is 175 Å². The minimum atomic E-state index is -0.529. The monoisotopic (exact) mass is 410 g/mol. The minimum Gasteiger partial charge on any atom is -0.497 e. The first-order valence-electron chi connectivity index (χ1n) is 9.51. The van der Waals surface area contributed by atoms with Crippen molar-refractivity contribution in [2.45, 2.75) is 25.6 Å². The van der Waals surface area contributed by atoms with E-state index in [1.54, 1.807) is 26.7 Å². The van der Waals surface area contributed by atoms with Crippen LogP contribution in [-0.2, 0) is 24.4 Å². The van der Waals surface area contributed by atoms with Crippen LogP contribution in [-0.4, -0.2) is 36.1 Å². The van der Waals surface area contributed by atoms with Crippen molar-refractivity contribution in [3.8, 4) is 17.2 Å². The number of hydrogen-bond acceptors (Lipinski definition) is 6. The molecule has 0 bridgehead atoms. The average molecular weight is 410 g/mol. The van der Waals surface area contributed by atoms with Gasteiger partial charge >= 0.3 is 0 Å². The summed E-state index contributed by atoms with van der Waals surface area (Å²) in [6.45, 7) is 0.826. The fraction of sp³-hybridized carbons (Fsp3) is 0.273. The van der Waals surface area contributed by atoms with Crippen LogP contribution in [0.2, 0.25) is 0 Å². The van der Waals surface area contributed by atoms with E-state index in [1.165, 1.54) is 0 Å². The molecule has 0 aliphatic rings. The fourth-order valence-corrected chi connectivity index (χ4v) is 3.01. The highest BCUT2D eigenvalue weighted by molar-refractivity contribution is 5.80. The molecule has 0 fully saturated rings. The summed E-state index contributed by atoms with van der Waals surface area (Å²) in [6, 6.07) is 12.8. The van der Waals surface area contributed by atoms with E-state index in [0.717, 1.165) is 22.6 Å². The number of aromatic nitrogens is 2. The Morgan fingerprint density at radius 3 is 2.73 bits per heavy atom. The van der Waals surface area contributed by atoms with Crippen LogP contribution in [0.3, 0.4) is 0 Å². The average Bonchev–Trinajstić information content (AvgIpc) is 3.28. The molecule has 8 nitrogen and oxygen atoms in total. The van der Waals surface area contributed by atoms with Crippen LogP contribution in [0.25, 0.3) is 0 Å². The van der Waals surface area contributed by atoms with Gasteiger partial charge in [-0.3, -0.25) is 4.79 Å². The number of aromatic amines is 1. The van der Waals surface area contributed by atoms with Crippen LogP contribution in [0.15, 0.2) is 55.0 Å². The lowest BCUT2D eigenvalue weighted by atomic mass is 10.1. The van der Waals surface area contributed by atoms with Crippen molar-refractivity contribution in [3.05, 3.63) is 71.8 Å². The summed E-state index contributed by atoms with van der Waals surface area (Å²) < 4.78 is 16.6. The summed E-state index contributed by atoms with van der Waals surface area (Å²) in [4.78, 5) is 18.7. The lowest BCUT2D eigenvalue weighted by Crippen LogP contribution is -2.42. The molecule has 8 heteroatoms. The number of carbonyl (C=O) groups is 1. The Kier molecular flexibility index (Phi) is 7.29. The molecule has 3 rings (SSSR count). The number of hydrogen-bond donors (Lipinski definition) is 3. The van der Waals surface area contributed by atoms with E-state index in [4.69, 9.17) is 19.9 Å². The lowest BCUT2D eigenvalue weighted by Gasteiger charge is -2.17. The molecular formula is C22H26N4O4. The molecule has 1 amide bonds. The second-order valence-corrected chi connectivity index (χ2v) is 6.73. The van der Waals surface area contributed by atoms with E-state index in [0.29, 0.717) is 31.1 Å². The summed E-state index contributed by atoms with van der Waals surface area (Å²) in [7, 11) is 3.23. The number of amides is 1. The van der Waals surface area contributed by atoms with E-state index < -0.39 is 11.9 Å². The number of nitrogens with zero attached hydrogens (tertiary/aromatic N) is 1. The van der Waals surface area contributed by atoms with Crippen molar-refractivity contribution < 1.29 is 19.0 Å². The number of nitrogens with two attached hydrogens (primary N) is 1. The van der Waals surface area contributed by atoms with Gasteiger partial charge in [0.05, 0.1) is 26.6 Å². The van der Waals surface area contributed by atoms with E-state index in [1.807, 2.05) is 42.5 Å². The van der Waals surface area contributed by atoms with Crippen molar-refractivity contribution in [2.75, 3.05) is 14.2 Å². The number of nitrogens with one attached hydrogen (secondary N) is 2. The highest BCUT2D eigenvalue weighted by atomic mass is 16.5. The summed E-state index contributed by atoms with van der Waals surface area (Å²) in [5.41, 5.74) is 8.26. The van der Waals surface area contributed by atoms with Gasteiger partial charge in [0.25, 0.3) is 0 Å². The van der Waals surface area contributed by atoms with Crippen molar-refractivity contribution in [1.29, 1.82) is 0 Å². The molecule has 4 N–H and O–H groups in total. The molecule has 1 aromatic heterocycles. The van der Waals surface area contributed by atoms with E-state index in [2.05, 4.69) is 15.3 Å². The number of benzene rings is 2. The number of carbonyl (C=O) groups excluding carboxylic acids is 1. The Morgan fingerprint density at radius 2 is 2.03 bits per heavy atom. The summed E-state index contributed by atoms with van der Waals surface area (Å²) in [5.74, 6) is 1.70. The minimum absolute atomic E-state index is 0.409. The zero-order valence-corrected chi connectivity index (χ0v) is 17.1. The topological polar surface area (TPSA) is 111 Å². The van der Waals surface area contributed by atoms with Crippen LogP contribution in [0.4, 0.5) is 0 Å². The van der Waals surface area contributed by atoms with Gasteiger partial charge in [-0.1, -0.05) is 18.2 Å². The molecule has 2 aromatic carbocycles. The van der Waals surface area contributed by atoms with Crippen molar-refractivity contribution in [2.24, 2.45) is 5.73 Å². The van der Waals surface area contributed by atoms with Crippen LogP contribution in [0, 0.1) is 0 Å². The highest BCUT2D eigenvalue weighted by Crippen LogP contribution is 2.26. The largest absolute Gasteiger partial charge is 0.497 e. The second-order valence-electron chi connectivity index (χ2n) is 6.73. The third-order valence-electron chi connectivity index (χ3n) is 4.66. The molecule has 1 heterocycles. The predicted molar refractivity (Wildman–Crippen MR) is 112 cm³/mol. The van der Waals surface area contributed by atoms with Gasteiger partial charge in [-0.25, -0.2) is 4.98 Å². The molecule has 0 spiro atoms. The van der Waals surface area contributed by atoms with Crippen molar-refractivity contribution in [3.63, 3.8) is 0 Å². The quantitative estimate of drug-likeness (QED) is 0.447. The van der Waals surface area contributed by atoms with Crippen LogP contribution < -0.4 is 25.3 Å². The molecule has 3 aromatic rings. The Hall–Kier alpha value is -3.52. The number of rotatable bonds is 11. The van der Waals surface area contributed by atoms with Crippen molar-refractivity contribution >= 4 is 5.91 Å². The summed E-state index contributed by atoms with van der Waals surface area (Å²) in [6.07, 6.45) is 3.67. The molecule has 0 aliphatic heterocycles. The molecule has 158 valence electrons. The fourth-order valence-electron chi connectivity index (χ4n) is 3.01. The van der Waals surface area contributed by atoms with Crippen molar-refractivity contribution in [1.82, 2.24) is 15.3 Å². The molecule has 1 atom stereocenters. The number of ether oxygens (including phenoxy) is 3. The van der Waals surface area contributed by atoms with Gasteiger partial charge in [-0.15, -0.1) is 0 Å². The zero-order valence-electron chi connectivity index (χ0n) is 17.1. The molecule has 0 radical (unpaired) electrons. The molecular weight excluding hydrogens is 384 g/mol. The van der Waals surface area contributed by atoms with Gasteiger partial charge < -0.3 is 30.2 Å². The number of imidazole rings is 1. The number of methoxy groups -OCH3 is 2. The Bertz CT molecular complexity index is 960.